The van der Waals surface area contributed by atoms with Gasteiger partial charge in [-0.05, 0) is 49.9 Å². The molecule has 0 aromatic heterocycles. The number of carboxylic acid groups (broad SMARTS) is 1. The molecule has 0 radical (unpaired) electrons. The van der Waals surface area contributed by atoms with Crippen molar-refractivity contribution in [1.29, 1.82) is 0 Å². The standard InChI is InChI=1S/C27H31NO6/c29-24(33-18-19-9-3-1-4-10-19)13-7-8-16-28-21-14-15-22(28)25(26(30)31)23(17-21)34-27(32)20-11-5-2-6-12-20/h1-6,9-12,21-23,25H,7-8,13-18H2,(H,30,31)/t21-,22+,23-,25+/m0/s1. The van der Waals surface area contributed by atoms with E-state index < -0.39 is 24.0 Å². The Kier molecular flexibility index (Phi) is 7.95. The lowest BCUT2D eigenvalue weighted by molar-refractivity contribution is -0.153. The lowest BCUT2D eigenvalue weighted by Gasteiger charge is -2.42. The Balaban J connectivity index is 1.26. The van der Waals surface area contributed by atoms with Gasteiger partial charge in [-0.3, -0.25) is 14.5 Å². The molecule has 2 aromatic carbocycles. The molecule has 0 amide bonds. The van der Waals surface area contributed by atoms with E-state index in [1.807, 2.05) is 36.4 Å². The number of fused-ring (bicyclic) bond motifs is 2. The number of carboxylic acids is 1. The van der Waals surface area contributed by atoms with Crippen molar-refractivity contribution in [1.82, 2.24) is 4.90 Å². The molecule has 180 valence electrons. The molecule has 0 spiro atoms. The molecular formula is C27H31NO6. The summed E-state index contributed by atoms with van der Waals surface area (Å²) in [6, 6.07) is 18.3. The lowest BCUT2D eigenvalue weighted by atomic mass is 9.87. The lowest BCUT2D eigenvalue weighted by Crippen LogP contribution is -2.55. The van der Waals surface area contributed by atoms with Crippen LogP contribution in [0.4, 0.5) is 0 Å². The predicted octanol–water partition coefficient (Wildman–Crippen LogP) is 4.06. The molecule has 7 nitrogen and oxygen atoms in total. The Hall–Kier alpha value is -3.19. The number of esters is 2. The number of hydrogen-bond donors (Lipinski definition) is 1. The Bertz CT molecular complexity index is 979. The van der Waals surface area contributed by atoms with Crippen LogP contribution >= 0.6 is 0 Å². The maximum atomic E-state index is 12.5. The molecule has 0 unspecified atom stereocenters. The maximum absolute atomic E-state index is 12.5. The molecule has 34 heavy (non-hydrogen) atoms. The summed E-state index contributed by atoms with van der Waals surface area (Å²) in [5.74, 6) is -2.37. The van der Waals surface area contributed by atoms with E-state index in [0.717, 1.165) is 31.4 Å². The summed E-state index contributed by atoms with van der Waals surface area (Å²) in [7, 11) is 0. The molecule has 4 atom stereocenters. The zero-order valence-electron chi connectivity index (χ0n) is 19.2. The molecule has 2 aromatic rings. The second-order valence-electron chi connectivity index (χ2n) is 9.05. The van der Waals surface area contributed by atoms with Gasteiger partial charge in [-0.2, -0.15) is 0 Å². The van der Waals surface area contributed by atoms with Gasteiger partial charge in [-0.1, -0.05) is 48.5 Å². The molecule has 2 bridgehead atoms. The first kappa shape index (κ1) is 24.0. The number of ether oxygens (including phenoxy) is 2. The van der Waals surface area contributed by atoms with E-state index in [-0.39, 0.29) is 24.7 Å². The number of nitrogens with zero attached hydrogens (tertiary/aromatic N) is 1. The van der Waals surface area contributed by atoms with Crippen molar-refractivity contribution in [2.45, 2.75) is 63.3 Å². The van der Waals surface area contributed by atoms with Crippen LogP contribution in [0.5, 0.6) is 0 Å². The van der Waals surface area contributed by atoms with Crippen LogP contribution in [0.1, 0.15) is 54.4 Å². The highest BCUT2D eigenvalue weighted by atomic mass is 16.5. The fourth-order valence-corrected chi connectivity index (χ4v) is 5.21. The number of unbranched alkanes of at least 4 members (excludes halogenated alkanes) is 1. The largest absolute Gasteiger partial charge is 0.481 e. The van der Waals surface area contributed by atoms with Crippen LogP contribution in [-0.4, -0.2) is 52.6 Å². The number of carbonyl (C=O) groups excluding carboxylic acids is 2. The summed E-state index contributed by atoms with van der Waals surface area (Å²) < 4.78 is 11.0. The minimum atomic E-state index is -0.925. The number of carbonyl (C=O) groups is 3. The molecular weight excluding hydrogens is 434 g/mol. The highest BCUT2D eigenvalue weighted by Gasteiger charge is 2.51. The Morgan fingerprint density at radius 3 is 2.35 bits per heavy atom. The van der Waals surface area contributed by atoms with Gasteiger partial charge in [0.15, 0.2) is 0 Å². The molecule has 2 heterocycles. The van der Waals surface area contributed by atoms with Crippen LogP contribution in [0, 0.1) is 5.92 Å². The second kappa shape index (κ2) is 11.3. The van der Waals surface area contributed by atoms with Crippen LogP contribution in [0.25, 0.3) is 0 Å². The number of aliphatic carboxylic acids is 1. The second-order valence-corrected chi connectivity index (χ2v) is 9.05. The molecule has 2 fully saturated rings. The number of rotatable bonds is 10. The maximum Gasteiger partial charge on any atom is 0.338 e. The smallest absolute Gasteiger partial charge is 0.338 e. The molecule has 1 N–H and O–H groups in total. The molecule has 7 heteroatoms. The van der Waals surface area contributed by atoms with Gasteiger partial charge < -0.3 is 14.6 Å². The minimum Gasteiger partial charge on any atom is -0.481 e. The van der Waals surface area contributed by atoms with E-state index in [1.165, 1.54) is 0 Å². The zero-order valence-corrected chi connectivity index (χ0v) is 19.2. The monoisotopic (exact) mass is 465 g/mol. The van der Waals surface area contributed by atoms with Crippen LogP contribution < -0.4 is 0 Å². The van der Waals surface area contributed by atoms with E-state index in [4.69, 9.17) is 9.47 Å². The summed E-state index contributed by atoms with van der Waals surface area (Å²) in [6.07, 6.45) is 3.38. The average Bonchev–Trinajstić information content (AvgIpc) is 3.12. The van der Waals surface area contributed by atoms with Gasteiger partial charge in [0.05, 0.1) is 5.56 Å². The fraction of sp³-hybridized carbons (Fsp3) is 0.444. The summed E-state index contributed by atoms with van der Waals surface area (Å²) in [4.78, 5) is 39.0. The third-order valence-corrected chi connectivity index (χ3v) is 6.85. The van der Waals surface area contributed by atoms with Crippen LogP contribution in [0.15, 0.2) is 60.7 Å². The van der Waals surface area contributed by atoms with E-state index >= 15 is 0 Å². The topological polar surface area (TPSA) is 93.1 Å². The van der Waals surface area contributed by atoms with Crippen molar-refractivity contribution in [3.05, 3.63) is 71.8 Å². The zero-order chi connectivity index (χ0) is 23.9. The molecule has 2 aliphatic rings. The van der Waals surface area contributed by atoms with Crippen molar-refractivity contribution < 1.29 is 29.0 Å². The van der Waals surface area contributed by atoms with Gasteiger partial charge in [0.1, 0.15) is 18.6 Å². The molecule has 0 aliphatic carbocycles. The van der Waals surface area contributed by atoms with Crippen LogP contribution in [-0.2, 0) is 25.7 Å². The van der Waals surface area contributed by atoms with Gasteiger partial charge in [0, 0.05) is 24.9 Å². The summed E-state index contributed by atoms with van der Waals surface area (Å²) >= 11 is 0. The average molecular weight is 466 g/mol. The highest BCUT2D eigenvalue weighted by molar-refractivity contribution is 5.89. The van der Waals surface area contributed by atoms with Gasteiger partial charge in [0.2, 0.25) is 0 Å². The van der Waals surface area contributed by atoms with E-state index in [0.29, 0.717) is 24.8 Å². The number of benzene rings is 2. The highest BCUT2D eigenvalue weighted by Crippen LogP contribution is 2.41. The molecule has 2 aliphatic heterocycles. The van der Waals surface area contributed by atoms with E-state index in [2.05, 4.69) is 4.90 Å². The van der Waals surface area contributed by atoms with E-state index in [9.17, 15) is 19.5 Å². The van der Waals surface area contributed by atoms with Crippen LogP contribution in [0.2, 0.25) is 0 Å². The number of piperidine rings is 1. The van der Waals surface area contributed by atoms with Crippen molar-refractivity contribution in [2.24, 2.45) is 5.92 Å². The normalized spacial score (nSPS) is 23.9. The molecule has 2 saturated heterocycles. The van der Waals surface area contributed by atoms with Crippen molar-refractivity contribution >= 4 is 17.9 Å². The summed E-state index contributed by atoms with van der Waals surface area (Å²) in [5, 5.41) is 9.95. The third kappa shape index (κ3) is 5.83. The van der Waals surface area contributed by atoms with Gasteiger partial charge in [-0.15, -0.1) is 0 Å². The SMILES string of the molecule is O=C(CCCCN1[C@H]2CC[C@@H]1[C@@H](C(=O)O)[C@@H](OC(=O)c1ccccc1)C2)OCc1ccccc1. The first-order chi connectivity index (χ1) is 16.5. The Morgan fingerprint density at radius 1 is 0.941 bits per heavy atom. The molecule has 4 rings (SSSR count). The Labute approximate surface area is 199 Å². The van der Waals surface area contributed by atoms with E-state index in [1.54, 1.807) is 24.3 Å². The first-order valence-corrected chi connectivity index (χ1v) is 12.0. The predicted molar refractivity (Wildman–Crippen MR) is 125 cm³/mol. The van der Waals surface area contributed by atoms with Gasteiger partial charge in [0.25, 0.3) is 0 Å². The minimum absolute atomic E-state index is 0.158. The summed E-state index contributed by atoms with van der Waals surface area (Å²) in [6.45, 7) is 1.00. The van der Waals surface area contributed by atoms with Gasteiger partial charge >= 0.3 is 17.9 Å². The van der Waals surface area contributed by atoms with Crippen molar-refractivity contribution in [3.63, 3.8) is 0 Å². The summed E-state index contributed by atoms with van der Waals surface area (Å²) in [5.41, 5.74) is 1.39. The number of hydrogen-bond acceptors (Lipinski definition) is 6. The third-order valence-electron chi connectivity index (χ3n) is 6.85. The van der Waals surface area contributed by atoms with Gasteiger partial charge in [-0.25, -0.2) is 4.79 Å². The van der Waals surface area contributed by atoms with Crippen LogP contribution in [0.3, 0.4) is 0 Å². The quantitative estimate of drug-likeness (QED) is 0.418. The van der Waals surface area contributed by atoms with Crippen molar-refractivity contribution in [3.8, 4) is 0 Å². The fourth-order valence-electron chi connectivity index (χ4n) is 5.21. The molecule has 0 saturated carbocycles. The first-order valence-electron chi connectivity index (χ1n) is 12.0. The van der Waals surface area contributed by atoms with Crippen molar-refractivity contribution in [2.75, 3.05) is 6.54 Å². The Morgan fingerprint density at radius 2 is 1.65 bits per heavy atom.